The van der Waals surface area contributed by atoms with Crippen LogP contribution in [0.5, 0.6) is 0 Å². The van der Waals surface area contributed by atoms with Gasteiger partial charge in [0.2, 0.25) is 0 Å². The lowest BCUT2D eigenvalue weighted by Crippen LogP contribution is -2.40. The average Bonchev–Trinajstić information content (AvgIpc) is 2.29. The maximum absolute atomic E-state index is 4.61. The van der Waals surface area contributed by atoms with E-state index >= 15 is 0 Å². The third-order valence-corrected chi connectivity index (χ3v) is 3.41. The molecule has 0 bridgehead atoms. The Hall–Kier alpha value is -1.32. The first-order valence-corrected chi connectivity index (χ1v) is 6.53. The van der Waals surface area contributed by atoms with Crippen LogP contribution in [-0.2, 0) is 0 Å². The number of hydrogen-bond donors (Lipinski definition) is 1. The Morgan fingerprint density at radius 2 is 2.24 bits per heavy atom. The number of aromatic nitrogens is 2. The van der Waals surface area contributed by atoms with Gasteiger partial charge in [0, 0.05) is 19.1 Å². The molecule has 0 radical (unpaired) electrons. The van der Waals surface area contributed by atoms with Gasteiger partial charge in [0.25, 0.3) is 0 Å². The van der Waals surface area contributed by atoms with E-state index in [2.05, 4.69) is 41.0 Å². The van der Waals surface area contributed by atoms with E-state index in [-0.39, 0.29) is 0 Å². The third kappa shape index (κ3) is 2.87. The van der Waals surface area contributed by atoms with E-state index < -0.39 is 0 Å². The van der Waals surface area contributed by atoms with Gasteiger partial charge >= 0.3 is 0 Å². The average molecular weight is 234 g/mol. The Morgan fingerprint density at radius 3 is 2.94 bits per heavy atom. The second-order valence-corrected chi connectivity index (χ2v) is 4.96. The number of nitrogens with one attached hydrogen (secondary N) is 1. The van der Waals surface area contributed by atoms with Crippen LogP contribution in [-0.4, -0.2) is 29.1 Å². The van der Waals surface area contributed by atoms with Crippen LogP contribution in [0.2, 0.25) is 0 Å². The molecule has 94 valence electrons. The van der Waals surface area contributed by atoms with Gasteiger partial charge in [-0.25, -0.2) is 4.98 Å². The number of nitrogens with zero attached hydrogens (tertiary/aromatic N) is 3. The minimum atomic E-state index is 0.560. The molecule has 1 N–H and O–H groups in total. The Bertz CT molecular complexity index is 366. The van der Waals surface area contributed by atoms with Crippen LogP contribution in [0.4, 0.5) is 11.6 Å². The number of rotatable bonds is 3. The molecule has 2 unspecified atom stereocenters. The molecule has 1 aromatic heterocycles. The first-order valence-electron chi connectivity index (χ1n) is 6.53. The number of anilines is 2. The van der Waals surface area contributed by atoms with Crippen molar-refractivity contribution in [2.45, 2.75) is 39.7 Å². The van der Waals surface area contributed by atoms with Crippen molar-refractivity contribution in [1.82, 2.24) is 9.97 Å². The van der Waals surface area contributed by atoms with E-state index in [9.17, 15) is 0 Å². The summed E-state index contributed by atoms with van der Waals surface area (Å²) in [7, 11) is 0. The summed E-state index contributed by atoms with van der Waals surface area (Å²) in [5.41, 5.74) is 0. The van der Waals surface area contributed by atoms with E-state index in [0.29, 0.717) is 6.04 Å². The SMILES string of the molecule is CCNc1cncc(N2CCC(C)CC2C)n1. The summed E-state index contributed by atoms with van der Waals surface area (Å²) >= 11 is 0. The summed E-state index contributed by atoms with van der Waals surface area (Å²) in [6.45, 7) is 8.64. The highest BCUT2D eigenvalue weighted by atomic mass is 15.2. The molecule has 2 heterocycles. The largest absolute Gasteiger partial charge is 0.369 e. The van der Waals surface area contributed by atoms with Gasteiger partial charge in [0.15, 0.2) is 0 Å². The van der Waals surface area contributed by atoms with E-state index in [1.54, 1.807) is 6.20 Å². The summed E-state index contributed by atoms with van der Waals surface area (Å²) in [5.74, 6) is 2.70. The van der Waals surface area contributed by atoms with E-state index in [1.807, 2.05) is 6.20 Å². The van der Waals surface area contributed by atoms with Crippen molar-refractivity contribution < 1.29 is 0 Å². The van der Waals surface area contributed by atoms with Crippen molar-refractivity contribution in [3.05, 3.63) is 12.4 Å². The fraction of sp³-hybridized carbons (Fsp3) is 0.692. The van der Waals surface area contributed by atoms with Crippen LogP contribution in [0.3, 0.4) is 0 Å². The van der Waals surface area contributed by atoms with Crippen LogP contribution in [0.1, 0.15) is 33.6 Å². The second kappa shape index (κ2) is 5.34. The minimum Gasteiger partial charge on any atom is -0.369 e. The summed E-state index contributed by atoms with van der Waals surface area (Å²) in [6.07, 6.45) is 6.14. The predicted octanol–water partition coefficient (Wildman–Crippen LogP) is 2.53. The summed E-state index contributed by atoms with van der Waals surface area (Å²) in [5, 5.41) is 3.21. The van der Waals surface area contributed by atoms with Gasteiger partial charge in [0.1, 0.15) is 11.6 Å². The van der Waals surface area contributed by atoms with Crippen molar-refractivity contribution >= 4 is 11.6 Å². The molecule has 1 aromatic rings. The van der Waals surface area contributed by atoms with Crippen LogP contribution >= 0.6 is 0 Å². The van der Waals surface area contributed by atoms with Crippen molar-refractivity contribution in [2.75, 3.05) is 23.3 Å². The maximum atomic E-state index is 4.61. The molecule has 17 heavy (non-hydrogen) atoms. The standard InChI is InChI=1S/C13H22N4/c1-4-15-12-8-14-9-13(16-12)17-6-5-10(2)7-11(17)3/h8-11H,4-7H2,1-3H3,(H,15,16). The van der Waals surface area contributed by atoms with E-state index in [1.165, 1.54) is 12.8 Å². The molecule has 2 atom stereocenters. The summed E-state index contributed by atoms with van der Waals surface area (Å²) < 4.78 is 0. The van der Waals surface area contributed by atoms with Crippen LogP contribution in [0, 0.1) is 5.92 Å². The van der Waals surface area contributed by atoms with Crippen molar-refractivity contribution in [2.24, 2.45) is 5.92 Å². The molecule has 1 fully saturated rings. The maximum Gasteiger partial charge on any atom is 0.149 e. The van der Waals surface area contributed by atoms with Gasteiger partial charge in [-0.2, -0.15) is 0 Å². The first-order chi connectivity index (χ1) is 8.20. The lowest BCUT2D eigenvalue weighted by atomic mass is 9.93. The smallest absolute Gasteiger partial charge is 0.149 e. The molecule has 4 heteroatoms. The van der Waals surface area contributed by atoms with Crippen LogP contribution < -0.4 is 10.2 Å². The Morgan fingerprint density at radius 1 is 1.41 bits per heavy atom. The van der Waals surface area contributed by atoms with E-state index in [4.69, 9.17) is 0 Å². The third-order valence-electron chi connectivity index (χ3n) is 3.41. The fourth-order valence-corrected chi connectivity index (χ4v) is 2.51. The van der Waals surface area contributed by atoms with Crippen LogP contribution in [0.15, 0.2) is 12.4 Å². The molecule has 0 amide bonds. The quantitative estimate of drug-likeness (QED) is 0.872. The van der Waals surface area contributed by atoms with Gasteiger partial charge in [0.05, 0.1) is 12.4 Å². The molecule has 2 rings (SSSR count). The topological polar surface area (TPSA) is 41.1 Å². The highest BCUT2D eigenvalue weighted by molar-refractivity contribution is 5.44. The van der Waals surface area contributed by atoms with Gasteiger partial charge in [-0.15, -0.1) is 0 Å². The highest BCUT2D eigenvalue weighted by Gasteiger charge is 2.24. The van der Waals surface area contributed by atoms with Crippen LogP contribution in [0.25, 0.3) is 0 Å². The molecule has 0 spiro atoms. The predicted molar refractivity (Wildman–Crippen MR) is 71.4 cm³/mol. The van der Waals surface area contributed by atoms with E-state index in [0.717, 1.165) is 30.6 Å². The molecule has 1 aliphatic rings. The van der Waals surface area contributed by atoms with Crippen molar-refractivity contribution in [3.63, 3.8) is 0 Å². The van der Waals surface area contributed by atoms with Gasteiger partial charge in [-0.1, -0.05) is 6.92 Å². The normalized spacial score (nSPS) is 24.8. The van der Waals surface area contributed by atoms with Crippen molar-refractivity contribution in [3.8, 4) is 0 Å². The molecular formula is C13H22N4. The Kier molecular flexibility index (Phi) is 3.82. The Labute approximate surface area is 103 Å². The zero-order valence-corrected chi connectivity index (χ0v) is 11.0. The summed E-state index contributed by atoms with van der Waals surface area (Å²) in [4.78, 5) is 11.2. The number of piperidine rings is 1. The molecule has 0 saturated carbocycles. The zero-order valence-electron chi connectivity index (χ0n) is 11.0. The molecule has 1 saturated heterocycles. The number of hydrogen-bond acceptors (Lipinski definition) is 4. The molecule has 0 aliphatic carbocycles. The molecule has 0 aromatic carbocycles. The van der Waals surface area contributed by atoms with Gasteiger partial charge < -0.3 is 10.2 Å². The lowest BCUT2D eigenvalue weighted by Gasteiger charge is -2.37. The fourth-order valence-electron chi connectivity index (χ4n) is 2.51. The molecular weight excluding hydrogens is 212 g/mol. The zero-order chi connectivity index (χ0) is 12.3. The first kappa shape index (κ1) is 12.1. The summed E-state index contributed by atoms with van der Waals surface area (Å²) in [6, 6.07) is 0.560. The monoisotopic (exact) mass is 234 g/mol. The minimum absolute atomic E-state index is 0.560. The highest BCUT2D eigenvalue weighted by Crippen LogP contribution is 2.26. The molecule has 4 nitrogen and oxygen atoms in total. The van der Waals surface area contributed by atoms with Gasteiger partial charge in [-0.3, -0.25) is 4.98 Å². The molecule has 1 aliphatic heterocycles. The van der Waals surface area contributed by atoms with Crippen molar-refractivity contribution in [1.29, 1.82) is 0 Å². The Balaban J connectivity index is 2.13. The lowest BCUT2D eigenvalue weighted by molar-refractivity contribution is 0.376. The van der Waals surface area contributed by atoms with Gasteiger partial charge in [-0.05, 0) is 32.6 Å². The second-order valence-electron chi connectivity index (χ2n) is 4.96.